The second-order valence-electron chi connectivity index (χ2n) is 5.38. The number of rotatable bonds is 3. The third kappa shape index (κ3) is 2.41. The first-order chi connectivity index (χ1) is 9.57. The van der Waals surface area contributed by atoms with E-state index in [-0.39, 0.29) is 17.9 Å². The Balaban J connectivity index is 1.74. The van der Waals surface area contributed by atoms with Crippen LogP contribution in [-0.2, 0) is 0 Å². The molecule has 2 aromatic rings. The van der Waals surface area contributed by atoms with Crippen LogP contribution in [0.5, 0.6) is 0 Å². The van der Waals surface area contributed by atoms with E-state index in [4.69, 9.17) is 4.42 Å². The number of halogens is 1. The van der Waals surface area contributed by atoms with Gasteiger partial charge in [-0.15, -0.1) is 0 Å². The molecule has 3 rings (SSSR count). The molecule has 5 heteroatoms. The zero-order chi connectivity index (χ0) is 14.2. The summed E-state index contributed by atoms with van der Waals surface area (Å²) in [6.45, 7) is 0.200. The average Bonchev–Trinajstić information content (AvgIpc) is 3.04. The van der Waals surface area contributed by atoms with Crippen LogP contribution >= 0.6 is 0 Å². The monoisotopic (exact) mass is 277 g/mol. The summed E-state index contributed by atoms with van der Waals surface area (Å²) in [4.78, 5) is 12.0. The van der Waals surface area contributed by atoms with Crippen molar-refractivity contribution in [1.29, 1.82) is 0 Å². The fraction of sp³-hybridized carbons (Fsp3) is 0.400. The van der Waals surface area contributed by atoms with Crippen molar-refractivity contribution in [2.24, 2.45) is 0 Å². The van der Waals surface area contributed by atoms with E-state index in [2.05, 4.69) is 5.32 Å². The van der Waals surface area contributed by atoms with Gasteiger partial charge in [0.15, 0.2) is 17.2 Å². The second kappa shape index (κ2) is 4.90. The molecule has 0 unspecified atom stereocenters. The fourth-order valence-corrected chi connectivity index (χ4v) is 2.68. The Morgan fingerprint density at radius 3 is 2.85 bits per heavy atom. The number of amides is 1. The van der Waals surface area contributed by atoms with Gasteiger partial charge in [0.05, 0.1) is 5.60 Å². The van der Waals surface area contributed by atoms with Gasteiger partial charge in [-0.05, 0) is 25.0 Å². The lowest BCUT2D eigenvalue weighted by Gasteiger charge is -2.21. The SMILES string of the molecule is O=C(NCC1(O)CCCC1)c1cc2cccc(F)c2o1. The van der Waals surface area contributed by atoms with Crippen LogP contribution < -0.4 is 5.32 Å². The molecule has 1 saturated carbocycles. The summed E-state index contributed by atoms with van der Waals surface area (Å²) < 4.78 is 18.7. The summed E-state index contributed by atoms with van der Waals surface area (Å²) in [5.74, 6) is -0.858. The average molecular weight is 277 g/mol. The highest BCUT2D eigenvalue weighted by Crippen LogP contribution is 2.29. The molecule has 0 spiro atoms. The first-order valence-corrected chi connectivity index (χ1v) is 6.76. The number of benzene rings is 1. The lowest BCUT2D eigenvalue weighted by Crippen LogP contribution is -2.40. The molecule has 1 aliphatic carbocycles. The zero-order valence-corrected chi connectivity index (χ0v) is 11.0. The van der Waals surface area contributed by atoms with Crippen molar-refractivity contribution in [3.05, 3.63) is 35.8 Å². The molecule has 0 bridgehead atoms. The van der Waals surface area contributed by atoms with Gasteiger partial charge in [0.2, 0.25) is 0 Å². The van der Waals surface area contributed by atoms with Crippen molar-refractivity contribution in [2.45, 2.75) is 31.3 Å². The number of para-hydroxylation sites is 1. The molecular formula is C15H16FNO3. The van der Waals surface area contributed by atoms with E-state index < -0.39 is 17.3 Å². The van der Waals surface area contributed by atoms with Crippen molar-refractivity contribution >= 4 is 16.9 Å². The maximum Gasteiger partial charge on any atom is 0.287 e. The maximum atomic E-state index is 13.5. The van der Waals surface area contributed by atoms with Crippen LogP contribution in [0.15, 0.2) is 28.7 Å². The largest absolute Gasteiger partial charge is 0.448 e. The van der Waals surface area contributed by atoms with Gasteiger partial charge < -0.3 is 14.8 Å². The second-order valence-corrected chi connectivity index (χ2v) is 5.38. The number of furan rings is 1. The van der Waals surface area contributed by atoms with Crippen molar-refractivity contribution < 1.29 is 18.7 Å². The Morgan fingerprint density at radius 1 is 1.40 bits per heavy atom. The summed E-state index contributed by atoms with van der Waals surface area (Å²) in [7, 11) is 0. The molecule has 1 amide bonds. The predicted molar refractivity (Wildman–Crippen MR) is 71.9 cm³/mol. The number of carbonyl (C=O) groups excluding carboxylic acids is 1. The van der Waals surface area contributed by atoms with Crippen LogP contribution in [0.25, 0.3) is 11.0 Å². The molecule has 1 aliphatic rings. The Labute approximate surface area is 115 Å². The number of nitrogens with one attached hydrogen (secondary N) is 1. The van der Waals surface area contributed by atoms with E-state index in [0.717, 1.165) is 12.8 Å². The summed E-state index contributed by atoms with van der Waals surface area (Å²) in [5, 5.41) is 13.4. The molecule has 0 atom stereocenters. The van der Waals surface area contributed by atoms with Crippen LogP contribution in [0, 0.1) is 5.82 Å². The number of aliphatic hydroxyl groups is 1. The van der Waals surface area contributed by atoms with E-state index in [1.54, 1.807) is 12.1 Å². The van der Waals surface area contributed by atoms with E-state index in [1.165, 1.54) is 12.1 Å². The van der Waals surface area contributed by atoms with Gasteiger partial charge in [-0.3, -0.25) is 4.79 Å². The molecule has 1 heterocycles. The van der Waals surface area contributed by atoms with E-state index >= 15 is 0 Å². The topological polar surface area (TPSA) is 62.5 Å². The highest BCUT2D eigenvalue weighted by molar-refractivity contribution is 5.96. The first-order valence-electron chi connectivity index (χ1n) is 6.76. The van der Waals surface area contributed by atoms with Gasteiger partial charge in [0.25, 0.3) is 5.91 Å². The van der Waals surface area contributed by atoms with E-state index in [9.17, 15) is 14.3 Å². The Kier molecular flexibility index (Phi) is 3.22. The predicted octanol–water partition coefficient (Wildman–Crippen LogP) is 2.61. The normalized spacial score (nSPS) is 17.5. The summed E-state index contributed by atoms with van der Waals surface area (Å²) in [6, 6.07) is 6.04. The first kappa shape index (κ1) is 13.1. The fourth-order valence-electron chi connectivity index (χ4n) is 2.68. The molecule has 0 saturated heterocycles. The van der Waals surface area contributed by atoms with Gasteiger partial charge in [-0.2, -0.15) is 0 Å². The molecule has 20 heavy (non-hydrogen) atoms. The third-order valence-electron chi connectivity index (χ3n) is 3.83. The zero-order valence-electron chi connectivity index (χ0n) is 11.0. The summed E-state index contributed by atoms with van der Waals surface area (Å²) in [6.07, 6.45) is 3.34. The number of fused-ring (bicyclic) bond motifs is 1. The van der Waals surface area contributed by atoms with E-state index in [0.29, 0.717) is 18.2 Å². The van der Waals surface area contributed by atoms with Crippen LogP contribution in [0.1, 0.15) is 36.2 Å². The Hall–Kier alpha value is -1.88. The van der Waals surface area contributed by atoms with Gasteiger partial charge in [-0.25, -0.2) is 4.39 Å². The minimum Gasteiger partial charge on any atom is -0.448 e. The maximum absolute atomic E-state index is 13.5. The highest BCUT2D eigenvalue weighted by atomic mass is 19.1. The Bertz CT molecular complexity index is 644. The van der Waals surface area contributed by atoms with Crippen LogP contribution in [0.2, 0.25) is 0 Å². The molecule has 106 valence electrons. The lowest BCUT2D eigenvalue weighted by atomic mass is 10.0. The number of carbonyl (C=O) groups is 1. The Morgan fingerprint density at radius 2 is 2.15 bits per heavy atom. The summed E-state index contributed by atoms with van der Waals surface area (Å²) >= 11 is 0. The molecular weight excluding hydrogens is 261 g/mol. The lowest BCUT2D eigenvalue weighted by molar-refractivity contribution is 0.0444. The molecule has 1 fully saturated rings. The van der Waals surface area contributed by atoms with Crippen LogP contribution in [0.3, 0.4) is 0 Å². The molecule has 4 nitrogen and oxygen atoms in total. The quantitative estimate of drug-likeness (QED) is 0.906. The molecule has 1 aromatic carbocycles. The smallest absolute Gasteiger partial charge is 0.287 e. The van der Waals surface area contributed by atoms with Crippen molar-refractivity contribution in [2.75, 3.05) is 6.54 Å². The molecule has 0 radical (unpaired) electrons. The van der Waals surface area contributed by atoms with Crippen LogP contribution in [0.4, 0.5) is 4.39 Å². The number of hydrogen-bond donors (Lipinski definition) is 2. The van der Waals surface area contributed by atoms with Gasteiger partial charge in [-0.1, -0.05) is 25.0 Å². The standard InChI is InChI=1S/C15H16FNO3/c16-11-5-3-4-10-8-12(20-13(10)11)14(18)17-9-15(19)6-1-2-7-15/h3-5,8,19H,1-2,6-7,9H2,(H,17,18). The van der Waals surface area contributed by atoms with Gasteiger partial charge in [0.1, 0.15) is 0 Å². The van der Waals surface area contributed by atoms with E-state index in [1.807, 2.05) is 0 Å². The molecule has 0 aliphatic heterocycles. The molecule has 1 aromatic heterocycles. The van der Waals surface area contributed by atoms with Gasteiger partial charge >= 0.3 is 0 Å². The van der Waals surface area contributed by atoms with Crippen molar-refractivity contribution in [1.82, 2.24) is 5.32 Å². The third-order valence-corrected chi connectivity index (χ3v) is 3.83. The minimum absolute atomic E-state index is 0.0618. The van der Waals surface area contributed by atoms with Crippen molar-refractivity contribution in [3.8, 4) is 0 Å². The van der Waals surface area contributed by atoms with Crippen LogP contribution in [-0.4, -0.2) is 23.2 Å². The summed E-state index contributed by atoms with van der Waals surface area (Å²) in [5.41, 5.74) is -0.732. The van der Waals surface area contributed by atoms with Gasteiger partial charge in [0, 0.05) is 11.9 Å². The molecule has 2 N–H and O–H groups in total. The number of hydrogen-bond acceptors (Lipinski definition) is 3. The minimum atomic E-state index is -0.813. The van der Waals surface area contributed by atoms with Crippen molar-refractivity contribution in [3.63, 3.8) is 0 Å². The highest BCUT2D eigenvalue weighted by Gasteiger charge is 2.31.